The van der Waals surface area contributed by atoms with Crippen LogP contribution in [-0.2, 0) is 24.4 Å². The van der Waals surface area contributed by atoms with Crippen molar-refractivity contribution in [3.8, 4) is 16.9 Å². The summed E-state index contributed by atoms with van der Waals surface area (Å²) in [5.41, 5.74) is 8.85. The zero-order valence-corrected chi connectivity index (χ0v) is 17.2. The van der Waals surface area contributed by atoms with E-state index in [-0.39, 0.29) is 24.8 Å². The third kappa shape index (κ3) is 4.40. The van der Waals surface area contributed by atoms with Gasteiger partial charge in [-0.25, -0.2) is 4.39 Å². The van der Waals surface area contributed by atoms with E-state index >= 15 is 4.39 Å². The lowest BCUT2D eigenvalue weighted by atomic mass is 9.97. The zero-order chi connectivity index (χ0) is 22.0. The van der Waals surface area contributed by atoms with Gasteiger partial charge in [0.15, 0.2) is 5.22 Å². The Hall–Kier alpha value is -3.35. The monoisotopic (exact) mass is 439 g/mol. The third-order valence-electron chi connectivity index (χ3n) is 4.96. The molecule has 0 aliphatic heterocycles. The highest BCUT2D eigenvalue weighted by atomic mass is 35.5. The lowest BCUT2D eigenvalue weighted by molar-refractivity contribution is -0.136. The van der Waals surface area contributed by atoms with Gasteiger partial charge in [-0.2, -0.15) is 0 Å². The van der Waals surface area contributed by atoms with E-state index in [0.717, 1.165) is 5.56 Å². The fraction of sp³-hybridized carbons (Fsp3) is 0.125. The Morgan fingerprint density at radius 2 is 1.84 bits per heavy atom. The fourth-order valence-corrected chi connectivity index (χ4v) is 3.72. The molecular formula is C24H19ClFNO4. The Balaban J connectivity index is 1.73. The van der Waals surface area contributed by atoms with Gasteiger partial charge in [0.1, 0.15) is 23.8 Å². The molecule has 7 heteroatoms. The van der Waals surface area contributed by atoms with E-state index in [4.69, 9.17) is 31.6 Å². The second-order valence-electron chi connectivity index (χ2n) is 7.06. The van der Waals surface area contributed by atoms with Crippen LogP contribution >= 0.6 is 11.6 Å². The van der Waals surface area contributed by atoms with Crippen molar-refractivity contribution < 1.29 is 23.4 Å². The molecule has 31 heavy (non-hydrogen) atoms. The second-order valence-corrected chi connectivity index (χ2v) is 7.43. The molecule has 0 spiro atoms. The Labute approximate surface area is 182 Å². The molecule has 3 N–H and O–H groups in total. The number of carboxylic acid groups (broad SMARTS) is 1. The quantitative estimate of drug-likeness (QED) is 0.394. The molecule has 1 heterocycles. The van der Waals surface area contributed by atoms with Gasteiger partial charge in [0.05, 0.1) is 6.42 Å². The van der Waals surface area contributed by atoms with E-state index in [1.165, 1.54) is 0 Å². The van der Waals surface area contributed by atoms with Gasteiger partial charge < -0.3 is 20.0 Å². The standard InChI is InChI=1S/C24H19ClFNO4/c25-22-11-19-18(17-6-3-5-16(12-27)24(17)26)8-14(9-21(19)31-22)13-30-20-7-2-1-4-15(20)10-23(28)29/h1-9,11H,10,12-13,27H2,(H,28,29). The summed E-state index contributed by atoms with van der Waals surface area (Å²) < 4.78 is 26.5. The SMILES string of the molecule is NCc1cccc(-c2cc(COc3ccccc3CC(=O)O)cc3oc(Cl)cc23)c1F. The Morgan fingerprint density at radius 1 is 1.06 bits per heavy atom. The molecular weight excluding hydrogens is 421 g/mol. The maximum Gasteiger partial charge on any atom is 0.307 e. The highest BCUT2D eigenvalue weighted by Gasteiger charge is 2.16. The molecule has 5 nitrogen and oxygen atoms in total. The minimum Gasteiger partial charge on any atom is -0.489 e. The lowest BCUT2D eigenvalue weighted by Gasteiger charge is -2.13. The number of para-hydroxylation sites is 1. The van der Waals surface area contributed by atoms with Crippen LogP contribution in [0.15, 0.2) is 65.1 Å². The third-order valence-corrected chi connectivity index (χ3v) is 5.15. The van der Waals surface area contributed by atoms with Crippen molar-refractivity contribution in [3.63, 3.8) is 0 Å². The van der Waals surface area contributed by atoms with E-state index in [0.29, 0.717) is 39.0 Å². The summed E-state index contributed by atoms with van der Waals surface area (Å²) in [6, 6.07) is 17.3. The van der Waals surface area contributed by atoms with Crippen molar-refractivity contribution in [2.75, 3.05) is 0 Å². The second kappa shape index (κ2) is 8.79. The van der Waals surface area contributed by atoms with Gasteiger partial charge in [-0.3, -0.25) is 4.79 Å². The number of fused-ring (bicyclic) bond motifs is 1. The number of carbonyl (C=O) groups is 1. The molecule has 0 aliphatic rings. The number of hydrogen-bond acceptors (Lipinski definition) is 4. The smallest absolute Gasteiger partial charge is 0.307 e. The topological polar surface area (TPSA) is 85.7 Å². The molecule has 0 amide bonds. The normalized spacial score (nSPS) is 11.1. The van der Waals surface area contributed by atoms with Crippen molar-refractivity contribution in [1.29, 1.82) is 0 Å². The number of halogens is 2. The first-order valence-corrected chi connectivity index (χ1v) is 9.96. The molecule has 0 saturated heterocycles. The van der Waals surface area contributed by atoms with E-state index in [1.807, 2.05) is 6.07 Å². The van der Waals surface area contributed by atoms with Crippen molar-refractivity contribution in [3.05, 3.63) is 88.4 Å². The maximum atomic E-state index is 15.0. The first-order chi connectivity index (χ1) is 15.0. The van der Waals surface area contributed by atoms with Crippen molar-refractivity contribution in [2.24, 2.45) is 5.73 Å². The summed E-state index contributed by atoms with van der Waals surface area (Å²) in [6.45, 7) is 0.216. The molecule has 0 unspecified atom stereocenters. The van der Waals surface area contributed by atoms with Gasteiger partial charge in [0.2, 0.25) is 0 Å². The van der Waals surface area contributed by atoms with Gasteiger partial charge >= 0.3 is 5.97 Å². The van der Waals surface area contributed by atoms with Gasteiger partial charge in [-0.15, -0.1) is 0 Å². The Bertz CT molecular complexity index is 1270. The van der Waals surface area contributed by atoms with Crippen LogP contribution in [0.3, 0.4) is 0 Å². The van der Waals surface area contributed by atoms with Crippen LogP contribution in [0.4, 0.5) is 4.39 Å². The number of furan rings is 1. The highest BCUT2D eigenvalue weighted by Crippen LogP contribution is 2.36. The summed E-state index contributed by atoms with van der Waals surface area (Å²) in [4.78, 5) is 11.1. The van der Waals surface area contributed by atoms with Crippen molar-refractivity contribution in [2.45, 2.75) is 19.6 Å². The maximum absolute atomic E-state index is 15.0. The predicted octanol–water partition coefficient (Wildman–Crippen LogP) is 5.56. The van der Waals surface area contributed by atoms with Gasteiger partial charge in [-0.1, -0.05) is 36.4 Å². The number of aliphatic carboxylic acids is 1. The van der Waals surface area contributed by atoms with Crippen LogP contribution in [-0.4, -0.2) is 11.1 Å². The van der Waals surface area contributed by atoms with E-state index in [9.17, 15) is 4.79 Å². The van der Waals surface area contributed by atoms with Gasteiger partial charge in [-0.05, 0) is 40.9 Å². The zero-order valence-electron chi connectivity index (χ0n) is 16.4. The van der Waals surface area contributed by atoms with Crippen LogP contribution in [0.1, 0.15) is 16.7 Å². The average molecular weight is 440 g/mol. The molecule has 0 atom stereocenters. The molecule has 0 saturated carbocycles. The minimum absolute atomic E-state index is 0.0815. The van der Waals surface area contributed by atoms with Crippen LogP contribution in [0.25, 0.3) is 22.1 Å². The molecule has 1 aromatic heterocycles. The van der Waals surface area contributed by atoms with Gasteiger partial charge in [0.25, 0.3) is 0 Å². The van der Waals surface area contributed by atoms with E-state index in [2.05, 4.69) is 0 Å². The van der Waals surface area contributed by atoms with Crippen molar-refractivity contribution in [1.82, 2.24) is 0 Å². The fourth-order valence-electron chi connectivity index (χ4n) is 3.53. The Morgan fingerprint density at radius 3 is 2.61 bits per heavy atom. The highest BCUT2D eigenvalue weighted by molar-refractivity contribution is 6.30. The largest absolute Gasteiger partial charge is 0.489 e. The van der Waals surface area contributed by atoms with E-state index < -0.39 is 11.8 Å². The number of ether oxygens (including phenoxy) is 1. The van der Waals surface area contributed by atoms with E-state index in [1.54, 1.807) is 54.6 Å². The molecule has 4 aromatic rings. The molecule has 3 aromatic carbocycles. The number of hydrogen-bond donors (Lipinski definition) is 2. The molecule has 4 rings (SSSR count). The van der Waals surface area contributed by atoms with Crippen LogP contribution in [0.2, 0.25) is 5.22 Å². The van der Waals surface area contributed by atoms with Crippen LogP contribution in [0.5, 0.6) is 5.75 Å². The predicted molar refractivity (Wildman–Crippen MR) is 117 cm³/mol. The number of rotatable bonds is 7. The number of benzene rings is 3. The Kier molecular flexibility index (Phi) is 5.93. The summed E-state index contributed by atoms with van der Waals surface area (Å²) in [7, 11) is 0. The van der Waals surface area contributed by atoms with Crippen LogP contribution < -0.4 is 10.5 Å². The molecule has 0 aliphatic carbocycles. The molecule has 0 radical (unpaired) electrons. The minimum atomic E-state index is -0.944. The molecule has 0 bridgehead atoms. The number of carboxylic acids is 1. The summed E-state index contributed by atoms with van der Waals surface area (Å²) >= 11 is 6.07. The van der Waals surface area contributed by atoms with Crippen LogP contribution in [0, 0.1) is 5.82 Å². The first-order valence-electron chi connectivity index (χ1n) is 9.58. The average Bonchev–Trinajstić information content (AvgIpc) is 3.12. The number of nitrogens with two attached hydrogens (primary N) is 1. The molecule has 0 fully saturated rings. The van der Waals surface area contributed by atoms with Gasteiger partial charge in [0, 0.05) is 34.7 Å². The summed E-state index contributed by atoms with van der Waals surface area (Å²) in [5, 5.41) is 9.97. The summed E-state index contributed by atoms with van der Waals surface area (Å²) in [6.07, 6.45) is -0.147. The summed E-state index contributed by atoms with van der Waals surface area (Å²) in [5.74, 6) is -0.867. The first kappa shape index (κ1) is 20.9. The molecule has 158 valence electrons. The van der Waals surface area contributed by atoms with Crippen molar-refractivity contribution >= 4 is 28.5 Å². The lowest BCUT2D eigenvalue weighted by Crippen LogP contribution is -2.04.